The van der Waals surface area contributed by atoms with E-state index in [4.69, 9.17) is 0 Å². The lowest BCUT2D eigenvalue weighted by molar-refractivity contribution is -0.448. The lowest BCUT2D eigenvalue weighted by Crippen LogP contribution is -2.26. The summed E-state index contributed by atoms with van der Waals surface area (Å²) in [5, 5.41) is 16.2. The van der Waals surface area contributed by atoms with Crippen LogP contribution in [0, 0.1) is 6.92 Å². The van der Waals surface area contributed by atoms with Gasteiger partial charge in [0, 0.05) is 22.9 Å². The van der Waals surface area contributed by atoms with Crippen molar-refractivity contribution in [3.05, 3.63) is 108 Å². The third-order valence-corrected chi connectivity index (χ3v) is 7.02. The average Bonchev–Trinajstić information content (AvgIpc) is 2.88. The first kappa shape index (κ1) is 19.0. The molecule has 1 N–H and O–H groups in total. The first-order valence-corrected chi connectivity index (χ1v) is 11.4. The maximum absolute atomic E-state index is 12.1. The molecule has 0 bridgehead atoms. The molecule has 0 amide bonds. The molecule has 3 heterocycles. The number of rotatable bonds is 2. The largest absolute Gasteiger partial charge is 0.478 e. The topological polar surface area (TPSA) is 41.4 Å². The van der Waals surface area contributed by atoms with Gasteiger partial charge in [0.2, 0.25) is 16.6 Å². The zero-order valence-electron chi connectivity index (χ0n) is 18.5. The number of nitrogens with zero attached hydrogens (tertiary/aromatic N) is 1. The molecule has 4 aromatic carbocycles. The van der Waals surface area contributed by atoms with Crippen LogP contribution in [0.25, 0.3) is 60.0 Å². The van der Waals surface area contributed by atoms with Gasteiger partial charge in [-0.25, -0.2) is 4.79 Å². The minimum atomic E-state index is -0.912. The molecule has 0 unspecified atom stereocenters. The summed E-state index contributed by atoms with van der Waals surface area (Å²) in [5.74, 6) is -0.912. The fourth-order valence-corrected chi connectivity index (χ4v) is 5.44. The summed E-state index contributed by atoms with van der Waals surface area (Å²) in [6.07, 6.45) is 0. The minimum Gasteiger partial charge on any atom is -0.478 e. The van der Waals surface area contributed by atoms with Gasteiger partial charge in [-0.2, -0.15) is 4.40 Å². The highest BCUT2D eigenvalue weighted by Gasteiger charge is 2.26. The van der Waals surface area contributed by atoms with Crippen LogP contribution in [0.3, 0.4) is 0 Å². The minimum absolute atomic E-state index is 0.308. The number of pyridine rings is 3. The molecule has 3 aromatic heterocycles. The van der Waals surface area contributed by atoms with Crippen LogP contribution in [0.2, 0.25) is 0 Å². The molecule has 0 aliphatic rings. The van der Waals surface area contributed by atoms with Gasteiger partial charge in [-0.05, 0) is 42.3 Å². The van der Waals surface area contributed by atoms with Crippen LogP contribution in [0.4, 0.5) is 0 Å². The van der Waals surface area contributed by atoms with Gasteiger partial charge in [0.25, 0.3) is 0 Å². The second-order valence-electron chi connectivity index (χ2n) is 9.03. The van der Waals surface area contributed by atoms with Crippen LogP contribution in [-0.2, 0) is 0 Å². The lowest BCUT2D eigenvalue weighted by Gasteiger charge is -2.13. The van der Waals surface area contributed by atoms with Gasteiger partial charge in [0.15, 0.2) is 0 Å². The third-order valence-electron chi connectivity index (χ3n) is 7.02. The molecule has 3 nitrogen and oxygen atoms in total. The Balaban J connectivity index is 1.81. The van der Waals surface area contributed by atoms with Gasteiger partial charge >= 0.3 is 5.97 Å². The molecule has 0 spiro atoms. The van der Waals surface area contributed by atoms with Crippen LogP contribution in [0.5, 0.6) is 0 Å². The molecule has 0 aliphatic carbocycles. The van der Waals surface area contributed by atoms with Crippen LogP contribution in [0.15, 0.2) is 97.1 Å². The molecule has 0 saturated heterocycles. The number of carbonyl (C=O) groups is 1. The van der Waals surface area contributed by atoms with E-state index in [2.05, 4.69) is 72.0 Å². The van der Waals surface area contributed by atoms with Crippen LogP contribution < -0.4 is 4.40 Å². The van der Waals surface area contributed by atoms with Gasteiger partial charge in [0.05, 0.1) is 27.1 Å². The zero-order chi connectivity index (χ0) is 23.0. The fraction of sp³-hybridized carbons (Fsp3) is 0.0323. The molecule has 34 heavy (non-hydrogen) atoms. The summed E-state index contributed by atoms with van der Waals surface area (Å²) >= 11 is 0. The van der Waals surface area contributed by atoms with E-state index in [9.17, 15) is 9.90 Å². The molecular weight excluding hydrogens is 418 g/mol. The molecule has 7 rings (SSSR count). The van der Waals surface area contributed by atoms with E-state index < -0.39 is 5.97 Å². The van der Waals surface area contributed by atoms with Crippen LogP contribution in [-0.4, -0.2) is 11.1 Å². The van der Waals surface area contributed by atoms with E-state index in [0.29, 0.717) is 5.56 Å². The number of aryl methyl sites for hydroxylation is 1. The molecule has 0 radical (unpaired) electrons. The molecule has 7 aromatic rings. The Morgan fingerprint density at radius 3 is 1.62 bits per heavy atom. The van der Waals surface area contributed by atoms with E-state index in [0.717, 1.165) is 48.9 Å². The lowest BCUT2D eigenvalue weighted by atomic mass is 9.93. The number of fused-ring (bicyclic) bond motifs is 6. The standard InChI is InChI=1S/C31H19NO2/c1-18-10-12-19(13-11-18)20-16-28-24-8-4-2-6-22(24)26-14-21(31(33)34)15-27-23-7-3-5-9-25(23)29(17-20)32(28)30(26)27/h2-17H,1H3/p+1. The summed E-state index contributed by atoms with van der Waals surface area (Å²) in [5.41, 5.74) is 7.19. The zero-order valence-corrected chi connectivity index (χ0v) is 18.5. The Morgan fingerprint density at radius 2 is 1.12 bits per heavy atom. The fourth-order valence-electron chi connectivity index (χ4n) is 5.44. The highest BCUT2D eigenvalue weighted by molar-refractivity contribution is 6.22. The second-order valence-corrected chi connectivity index (χ2v) is 9.03. The number of aromatic nitrogens is 1. The third kappa shape index (κ3) is 2.52. The van der Waals surface area contributed by atoms with Crippen molar-refractivity contribution < 1.29 is 14.3 Å². The van der Waals surface area contributed by atoms with Gasteiger partial charge in [-0.3, -0.25) is 0 Å². The Morgan fingerprint density at radius 1 is 0.618 bits per heavy atom. The first-order valence-electron chi connectivity index (χ1n) is 11.4. The van der Waals surface area contributed by atoms with Crippen molar-refractivity contribution in [1.82, 2.24) is 0 Å². The number of aromatic carboxylic acids is 1. The van der Waals surface area contributed by atoms with Crippen molar-refractivity contribution in [1.29, 1.82) is 0 Å². The summed E-state index contributed by atoms with van der Waals surface area (Å²) in [4.78, 5) is 12.1. The molecule has 3 heteroatoms. The monoisotopic (exact) mass is 438 g/mol. The SMILES string of the molecule is Cc1ccc(-c2cc3c4ccccc4c4cc(C(=O)O)cc5c6ccccc6c(c2)[n+]3c45)cc1. The second kappa shape index (κ2) is 6.75. The van der Waals surface area contributed by atoms with Gasteiger partial charge in [-0.1, -0.05) is 66.2 Å². The van der Waals surface area contributed by atoms with Gasteiger partial charge in [0.1, 0.15) is 0 Å². The van der Waals surface area contributed by atoms with Gasteiger partial charge < -0.3 is 5.11 Å². The van der Waals surface area contributed by atoms with Crippen LogP contribution >= 0.6 is 0 Å². The number of hydrogen-bond acceptors (Lipinski definition) is 1. The van der Waals surface area contributed by atoms with Crippen molar-refractivity contribution >= 4 is 54.8 Å². The maximum Gasteiger partial charge on any atom is 0.335 e. The highest BCUT2D eigenvalue weighted by atomic mass is 16.4. The van der Waals surface area contributed by atoms with E-state index in [-0.39, 0.29) is 0 Å². The van der Waals surface area contributed by atoms with Crippen LogP contribution in [0.1, 0.15) is 15.9 Å². The average molecular weight is 439 g/mol. The van der Waals surface area contributed by atoms with Crippen molar-refractivity contribution in [2.45, 2.75) is 6.92 Å². The Bertz CT molecular complexity index is 1830. The Kier molecular flexibility index (Phi) is 3.78. The van der Waals surface area contributed by atoms with Crippen molar-refractivity contribution in [2.75, 3.05) is 0 Å². The summed E-state index contributed by atoms with van der Waals surface area (Å²) in [7, 11) is 0. The molecular formula is C31H20NO2+. The maximum atomic E-state index is 12.1. The van der Waals surface area contributed by atoms with E-state index >= 15 is 0 Å². The van der Waals surface area contributed by atoms with E-state index in [1.165, 1.54) is 16.7 Å². The normalized spacial score (nSPS) is 11.9. The van der Waals surface area contributed by atoms with E-state index in [1.807, 2.05) is 36.4 Å². The molecule has 0 atom stereocenters. The number of carboxylic acid groups (broad SMARTS) is 1. The number of carboxylic acids is 1. The molecule has 0 aliphatic heterocycles. The first-order chi connectivity index (χ1) is 16.6. The Hall–Kier alpha value is -4.50. The number of benzene rings is 4. The summed E-state index contributed by atoms with van der Waals surface area (Å²) < 4.78 is 2.32. The van der Waals surface area contributed by atoms with E-state index in [1.54, 1.807) is 0 Å². The van der Waals surface area contributed by atoms with Crippen molar-refractivity contribution in [3.8, 4) is 11.1 Å². The quantitative estimate of drug-likeness (QED) is 0.177. The smallest absolute Gasteiger partial charge is 0.335 e. The molecule has 0 fully saturated rings. The van der Waals surface area contributed by atoms with Crippen molar-refractivity contribution in [3.63, 3.8) is 0 Å². The molecule has 0 saturated carbocycles. The molecule has 160 valence electrons. The van der Waals surface area contributed by atoms with Gasteiger partial charge in [-0.15, -0.1) is 0 Å². The highest BCUT2D eigenvalue weighted by Crippen LogP contribution is 2.37. The number of hydrogen-bond donors (Lipinski definition) is 1. The summed E-state index contributed by atoms with van der Waals surface area (Å²) in [6.45, 7) is 2.10. The summed E-state index contributed by atoms with van der Waals surface area (Å²) in [6, 6.07) is 33.4. The predicted octanol–water partition coefficient (Wildman–Crippen LogP) is 7.15. The van der Waals surface area contributed by atoms with Crippen molar-refractivity contribution in [2.24, 2.45) is 0 Å². The predicted molar refractivity (Wildman–Crippen MR) is 138 cm³/mol. The Labute approximate surface area is 195 Å².